The number of rotatable bonds is 4. The van der Waals surface area contributed by atoms with Crippen LogP contribution in [0.3, 0.4) is 0 Å². The first-order valence-electron chi connectivity index (χ1n) is 11.4. The molecule has 182 valence electrons. The molecule has 0 unspecified atom stereocenters. The Morgan fingerprint density at radius 3 is 2.35 bits per heavy atom. The van der Waals surface area contributed by atoms with Crippen LogP contribution in [0.4, 0.5) is 5.13 Å². The number of benzene rings is 1. The lowest BCUT2D eigenvalue weighted by Crippen LogP contribution is -2.52. The van der Waals surface area contributed by atoms with Gasteiger partial charge in [-0.15, -0.1) is 11.3 Å². The van der Waals surface area contributed by atoms with Crippen LogP contribution in [0.5, 0.6) is 0 Å². The molecule has 0 saturated carbocycles. The van der Waals surface area contributed by atoms with Crippen molar-refractivity contribution in [3.8, 4) is 0 Å². The third kappa shape index (κ3) is 4.46. The normalized spacial score (nSPS) is 18.7. The topological polar surface area (TPSA) is 73.8 Å². The van der Waals surface area contributed by atoms with Gasteiger partial charge in [0.05, 0.1) is 14.6 Å². The van der Waals surface area contributed by atoms with Crippen molar-refractivity contribution in [3.05, 3.63) is 39.7 Å². The molecule has 2 aliphatic rings. The minimum absolute atomic E-state index is 0.127. The highest BCUT2D eigenvalue weighted by Gasteiger charge is 2.35. The number of sulfonamides is 1. The van der Waals surface area contributed by atoms with Crippen LogP contribution in [0.1, 0.15) is 24.0 Å². The molecule has 0 N–H and O–H groups in total. The molecule has 0 bridgehead atoms. The quantitative estimate of drug-likeness (QED) is 0.493. The van der Waals surface area contributed by atoms with Crippen molar-refractivity contribution in [1.29, 1.82) is 0 Å². The Bertz CT molecular complexity index is 1320. The molecule has 11 heteroatoms. The van der Waals surface area contributed by atoms with Gasteiger partial charge < -0.3 is 9.80 Å². The highest BCUT2D eigenvalue weighted by molar-refractivity contribution is 7.91. The van der Waals surface area contributed by atoms with Gasteiger partial charge in [0.15, 0.2) is 5.13 Å². The van der Waals surface area contributed by atoms with Crippen LogP contribution >= 0.6 is 34.3 Å². The summed E-state index contributed by atoms with van der Waals surface area (Å²) in [7, 11) is -3.54. The Hall–Kier alpha value is -1.72. The minimum Gasteiger partial charge on any atom is -0.345 e. The molecule has 2 fully saturated rings. The van der Waals surface area contributed by atoms with Crippen molar-refractivity contribution in [3.63, 3.8) is 0 Å². The maximum Gasteiger partial charge on any atom is 0.252 e. The third-order valence-corrected chi connectivity index (χ3v) is 11.6. The molecule has 1 amide bonds. The van der Waals surface area contributed by atoms with Crippen LogP contribution in [0.25, 0.3) is 10.2 Å². The molecule has 34 heavy (non-hydrogen) atoms. The molecule has 2 saturated heterocycles. The van der Waals surface area contributed by atoms with Gasteiger partial charge in [0.1, 0.15) is 4.21 Å². The smallest absolute Gasteiger partial charge is 0.252 e. The number of anilines is 1. The van der Waals surface area contributed by atoms with Gasteiger partial charge in [0.2, 0.25) is 5.91 Å². The highest BCUT2D eigenvalue weighted by atomic mass is 35.5. The fourth-order valence-corrected chi connectivity index (χ4v) is 8.82. The first-order chi connectivity index (χ1) is 16.2. The SMILES string of the molecule is Cc1ccc2sc(N3CCN(C(=O)C4CCN(S(=O)(=O)c5ccc(Cl)s5)CC4)CC3)nc2c1C. The number of thiophene rings is 1. The van der Waals surface area contributed by atoms with Crippen LogP contribution in [0, 0.1) is 19.8 Å². The second kappa shape index (κ2) is 9.39. The number of piperazine rings is 1. The van der Waals surface area contributed by atoms with E-state index < -0.39 is 10.0 Å². The Morgan fingerprint density at radius 2 is 1.71 bits per heavy atom. The van der Waals surface area contributed by atoms with Crippen LogP contribution in [-0.2, 0) is 14.8 Å². The van der Waals surface area contributed by atoms with Crippen molar-refractivity contribution in [2.45, 2.75) is 30.9 Å². The molecular weight excluding hydrogens is 512 g/mol. The van der Waals surface area contributed by atoms with E-state index in [-0.39, 0.29) is 16.0 Å². The summed E-state index contributed by atoms with van der Waals surface area (Å²) in [6.45, 7) is 7.79. The molecule has 2 aliphatic heterocycles. The lowest BCUT2D eigenvalue weighted by Gasteiger charge is -2.38. The minimum atomic E-state index is -3.54. The predicted molar refractivity (Wildman–Crippen MR) is 139 cm³/mol. The molecule has 5 rings (SSSR count). The summed E-state index contributed by atoms with van der Waals surface area (Å²) in [6, 6.07) is 7.43. The Kier molecular flexibility index (Phi) is 6.62. The number of hydrogen-bond donors (Lipinski definition) is 0. The van der Waals surface area contributed by atoms with E-state index in [9.17, 15) is 13.2 Å². The van der Waals surface area contributed by atoms with Gasteiger partial charge in [-0.1, -0.05) is 29.0 Å². The lowest BCUT2D eigenvalue weighted by atomic mass is 9.96. The highest BCUT2D eigenvalue weighted by Crippen LogP contribution is 2.33. The average Bonchev–Trinajstić information content (AvgIpc) is 3.48. The van der Waals surface area contributed by atoms with E-state index in [1.54, 1.807) is 23.5 Å². The number of piperidine rings is 1. The summed E-state index contributed by atoms with van der Waals surface area (Å²) in [4.78, 5) is 22.3. The summed E-state index contributed by atoms with van der Waals surface area (Å²) in [6.07, 6.45) is 1.10. The van der Waals surface area contributed by atoms with Crippen molar-refractivity contribution >= 4 is 65.6 Å². The maximum atomic E-state index is 13.2. The summed E-state index contributed by atoms with van der Waals surface area (Å²) in [5.74, 6) is 0.0182. The Balaban J connectivity index is 1.17. The van der Waals surface area contributed by atoms with E-state index in [0.29, 0.717) is 43.4 Å². The zero-order chi connectivity index (χ0) is 24.0. The third-order valence-electron chi connectivity index (χ3n) is 6.88. The number of aryl methyl sites for hydroxylation is 2. The molecule has 0 radical (unpaired) electrons. The number of fused-ring (bicyclic) bond motifs is 1. The van der Waals surface area contributed by atoms with E-state index >= 15 is 0 Å². The van der Waals surface area contributed by atoms with E-state index in [1.165, 1.54) is 20.1 Å². The number of amides is 1. The van der Waals surface area contributed by atoms with Gasteiger partial charge >= 0.3 is 0 Å². The van der Waals surface area contributed by atoms with Crippen LogP contribution in [-0.4, -0.2) is 67.8 Å². The predicted octanol–water partition coefficient (Wildman–Crippen LogP) is 4.38. The monoisotopic (exact) mass is 538 g/mol. The van der Waals surface area contributed by atoms with Crippen LogP contribution < -0.4 is 4.90 Å². The number of thiazole rings is 1. The van der Waals surface area contributed by atoms with Gasteiger partial charge in [0, 0.05) is 45.2 Å². The lowest BCUT2D eigenvalue weighted by molar-refractivity contribution is -0.137. The Morgan fingerprint density at radius 1 is 1.00 bits per heavy atom. The standard InChI is InChI=1S/C23H27ClN4O3S3/c1-15-3-4-18-21(16(15)2)25-23(32-18)27-13-11-26(12-14-27)22(29)17-7-9-28(10-8-17)34(30,31)20-6-5-19(24)33-20/h3-6,17H,7-14H2,1-2H3. The molecule has 1 aromatic carbocycles. The second-order valence-electron chi connectivity index (χ2n) is 8.90. The molecule has 0 aliphatic carbocycles. The summed E-state index contributed by atoms with van der Waals surface area (Å²) in [5, 5.41) is 1.02. The number of halogens is 1. The maximum absolute atomic E-state index is 13.2. The molecule has 0 atom stereocenters. The van der Waals surface area contributed by atoms with Gasteiger partial charge in [-0.2, -0.15) is 4.31 Å². The second-order valence-corrected chi connectivity index (χ2v) is 13.8. The summed E-state index contributed by atoms with van der Waals surface area (Å²) in [5.41, 5.74) is 3.55. The number of hydrogen-bond acceptors (Lipinski definition) is 7. The van der Waals surface area contributed by atoms with Crippen molar-refractivity contribution in [2.75, 3.05) is 44.2 Å². The largest absolute Gasteiger partial charge is 0.345 e. The fourth-order valence-electron chi connectivity index (χ4n) is 4.63. The molecule has 3 aromatic rings. The van der Waals surface area contributed by atoms with E-state index in [1.807, 2.05) is 4.90 Å². The fraction of sp³-hybridized carbons (Fsp3) is 0.478. The van der Waals surface area contributed by atoms with Crippen LogP contribution in [0.15, 0.2) is 28.5 Å². The summed E-state index contributed by atoms with van der Waals surface area (Å²) >= 11 is 8.70. The van der Waals surface area contributed by atoms with Crippen molar-refractivity contribution < 1.29 is 13.2 Å². The Labute approximate surface area is 213 Å². The zero-order valence-corrected chi connectivity index (χ0v) is 22.4. The van der Waals surface area contributed by atoms with Gasteiger partial charge in [0.25, 0.3) is 10.0 Å². The number of nitrogens with zero attached hydrogens (tertiary/aromatic N) is 4. The number of carbonyl (C=O) groups is 1. The van der Waals surface area contributed by atoms with Crippen LogP contribution in [0.2, 0.25) is 4.34 Å². The van der Waals surface area contributed by atoms with E-state index in [2.05, 4.69) is 30.9 Å². The van der Waals surface area contributed by atoms with E-state index in [0.717, 1.165) is 35.1 Å². The molecular formula is C23H27ClN4O3S3. The molecule has 2 aromatic heterocycles. The number of aromatic nitrogens is 1. The first-order valence-corrected chi connectivity index (χ1v) is 14.8. The van der Waals surface area contributed by atoms with E-state index in [4.69, 9.17) is 16.6 Å². The summed E-state index contributed by atoms with van der Waals surface area (Å²) < 4.78 is 29.0. The van der Waals surface area contributed by atoms with Gasteiger partial charge in [-0.25, -0.2) is 13.4 Å². The molecule has 7 nitrogen and oxygen atoms in total. The molecule has 4 heterocycles. The zero-order valence-electron chi connectivity index (χ0n) is 19.2. The van der Waals surface area contributed by atoms with Crippen molar-refractivity contribution in [2.24, 2.45) is 5.92 Å². The number of carbonyl (C=O) groups excluding carboxylic acids is 1. The molecule has 0 spiro atoms. The first kappa shape index (κ1) is 24.0. The van der Waals surface area contributed by atoms with Gasteiger partial charge in [-0.3, -0.25) is 4.79 Å². The average molecular weight is 539 g/mol. The van der Waals surface area contributed by atoms with Gasteiger partial charge in [-0.05, 0) is 56.0 Å². The van der Waals surface area contributed by atoms with Crippen molar-refractivity contribution in [1.82, 2.24) is 14.2 Å².